The minimum Gasteiger partial charge on any atom is -0.0508 e. The number of aryl methyl sites for hydroxylation is 1. The standard InChI is InChI=1S/C12H13Br/c1-7-4-10(13)6-11-8-2-3-9(5-8)12(7)11/h4,6,8-9H,2-3,5H2,1H3. The quantitative estimate of drug-likeness (QED) is 0.636. The Balaban J connectivity index is 2.26. The average molecular weight is 237 g/mol. The Morgan fingerprint density at radius 2 is 2.00 bits per heavy atom. The first-order valence-electron chi connectivity index (χ1n) is 5.05. The van der Waals surface area contributed by atoms with E-state index in [2.05, 4.69) is 35.0 Å². The Hall–Kier alpha value is -0.300. The van der Waals surface area contributed by atoms with Crippen molar-refractivity contribution in [1.82, 2.24) is 0 Å². The molecule has 13 heavy (non-hydrogen) atoms. The fraction of sp³-hybridized carbons (Fsp3) is 0.500. The number of hydrogen-bond acceptors (Lipinski definition) is 0. The highest BCUT2D eigenvalue weighted by atomic mass is 79.9. The SMILES string of the molecule is Cc1cc(Br)cc2c1C1CCC2C1. The lowest BCUT2D eigenvalue weighted by atomic mass is 9.89. The van der Waals surface area contributed by atoms with E-state index in [1.54, 1.807) is 11.1 Å². The van der Waals surface area contributed by atoms with Gasteiger partial charge in [0.25, 0.3) is 0 Å². The monoisotopic (exact) mass is 236 g/mol. The maximum atomic E-state index is 3.59. The molecule has 1 aromatic rings. The van der Waals surface area contributed by atoms with Gasteiger partial charge in [-0.1, -0.05) is 15.9 Å². The van der Waals surface area contributed by atoms with Crippen LogP contribution < -0.4 is 0 Å². The lowest BCUT2D eigenvalue weighted by Crippen LogP contribution is -2.00. The summed E-state index contributed by atoms with van der Waals surface area (Å²) in [6.07, 6.45) is 4.28. The minimum atomic E-state index is 0.885. The maximum absolute atomic E-state index is 3.59. The Morgan fingerprint density at radius 3 is 2.85 bits per heavy atom. The highest BCUT2D eigenvalue weighted by Gasteiger charge is 2.37. The van der Waals surface area contributed by atoms with Crippen LogP contribution in [0.25, 0.3) is 0 Å². The Kier molecular flexibility index (Phi) is 1.61. The summed E-state index contributed by atoms with van der Waals surface area (Å²) in [6, 6.07) is 4.60. The zero-order valence-corrected chi connectivity index (χ0v) is 9.39. The third-order valence-electron chi connectivity index (χ3n) is 3.66. The average Bonchev–Trinajstić information content (AvgIpc) is 2.62. The smallest absolute Gasteiger partial charge is 0.0180 e. The number of fused-ring (bicyclic) bond motifs is 5. The van der Waals surface area contributed by atoms with Crippen molar-refractivity contribution in [2.45, 2.75) is 38.0 Å². The Bertz CT molecular complexity index is 368. The fourth-order valence-corrected chi connectivity index (χ4v) is 3.79. The normalized spacial score (nSPS) is 29.4. The minimum absolute atomic E-state index is 0.885. The fourth-order valence-electron chi connectivity index (χ4n) is 3.20. The molecule has 2 bridgehead atoms. The molecule has 0 N–H and O–H groups in total. The molecule has 1 saturated carbocycles. The van der Waals surface area contributed by atoms with Crippen LogP contribution in [0, 0.1) is 6.92 Å². The van der Waals surface area contributed by atoms with Gasteiger partial charge in [-0.05, 0) is 66.8 Å². The van der Waals surface area contributed by atoms with Crippen LogP contribution in [0.5, 0.6) is 0 Å². The van der Waals surface area contributed by atoms with Gasteiger partial charge in [0.15, 0.2) is 0 Å². The van der Waals surface area contributed by atoms with E-state index in [9.17, 15) is 0 Å². The molecule has 2 aliphatic rings. The predicted molar refractivity (Wildman–Crippen MR) is 58.2 cm³/mol. The summed E-state index contributed by atoms with van der Waals surface area (Å²) in [5.74, 6) is 1.78. The molecule has 1 heteroatoms. The molecule has 2 aliphatic carbocycles. The van der Waals surface area contributed by atoms with E-state index in [4.69, 9.17) is 0 Å². The van der Waals surface area contributed by atoms with E-state index in [0.717, 1.165) is 11.8 Å². The summed E-state index contributed by atoms with van der Waals surface area (Å²) in [5.41, 5.74) is 4.82. The van der Waals surface area contributed by atoms with Crippen molar-refractivity contribution in [2.24, 2.45) is 0 Å². The third kappa shape index (κ3) is 1.03. The van der Waals surface area contributed by atoms with Crippen molar-refractivity contribution in [2.75, 3.05) is 0 Å². The van der Waals surface area contributed by atoms with Crippen LogP contribution in [0.2, 0.25) is 0 Å². The van der Waals surface area contributed by atoms with Crippen molar-refractivity contribution in [3.05, 3.63) is 33.3 Å². The van der Waals surface area contributed by atoms with Crippen molar-refractivity contribution < 1.29 is 0 Å². The highest BCUT2D eigenvalue weighted by molar-refractivity contribution is 9.10. The zero-order chi connectivity index (χ0) is 9.00. The molecule has 0 amide bonds. The van der Waals surface area contributed by atoms with Gasteiger partial charge in [0, 0.05) is 4.47 Å². The van der Waals surface area contributed by atoms with Crippen LogP contribution in [0.15, 0.2) is 16.6 Å². The first-order valence-corrected chi connectivity index (χ1v) is 5.85. The molecule has 0 aromatic heterocycles. The number of benzene rings is 1. The van der Waals surface area contributed by atoms with Crippen molar-refractivity contribution in [3.63, 3.8) is 0 Å². The molecular weight excluding hydrogens is 224 g/mol. The van der Waals surface area contributed by atoms with Crippen LogP contribution in [0.1, 0.15) is 47.8 Å². The van der Waals surface area contributed by atoms with Gasteiger partial charge in [-0.2, -0.15) is 0 Å². The van der Waals surface area contributed by atoms with Crippen LogP contribution in [0.4, 0.5) is 0 Å². The van der Waals surface area contributed by atoms with Gasteiger partial charge in [-0.15, -0.1) is 0 Å². The molecule has 0 radical (unpaired) electrons. The molecule has 1 aromatic carbocycles. The Labute approximate surface area is 87.5 Å². The molecule has 1 fully saturated rings. The lowest BCUT2D eigenvalue weighted by Gasteiger charge is -2.17. The summed E-state index contributed by atoms with van der Waals surface area (Å²) in [7, 11) is 0. The largest absolute Gasteiger partial charge is 0.0508 e. The third-order valence-corrected chi connectivity index (χ3v) is 4.12. The van der Waals surface area contributed by atoms with Crippen LogP contribution in [0.3, 0.4) is 0 Å². The van der Waals surface area contributed by atoms with Crippen molar-refractivity contribution in [3.8, 4) is 0 Å². The van der Waals surface area contributed by atoms with Crippen LogP contribution in [-0.4, -0.2) is 0 Å². The second-order valence-electron chi connectivity index (χ2n) is 4.43. The zero-order valence-electron chi connectivity index (χ0n) is 7.81. The summed E-state index contributed by atoms with van der Waals surface area (Å²) < 4.78 is 1.26. The van der Waals surface area contributed by atoms with Gasteiger partial charge in [-0.3, -0.25) is 0 Å². The van der Waals surface area contributed by atoms with Gasteiger partial charge >= 0.3 is 0 Å². The van der Waals surface area contributed by atoms with E-state index in [0.29, 0.717) is 0 Å². The number of halogens is 1. The van der Waals surface area contributed by atoms with Gasteiger partial charge < -0.3 is 0 Å². The summed E-state index contributed by atoms with van der Waals surface area (Å²) >= 11 is 3.59. The van der Waals surface area contributed by atoms with Crippen molar-refractivity contribution >= 4 is 15.9 Å². The lowest BCUT2D eigenvalue weighted by molar-refractivity contribution is 0.713. The van der Waals surface area contributed by atoms with Crippen LogP contribution >= 0.6 is 15.9 Å². The molecule has 2 unspecified atom stereocenters. The molecule has 0 aliphatic heterocycles. The molecular formula is C12H13Br. The van der Waals surface area contributed by atoms with E-state index in [-0.39, 0.29) is 0 Å². The predicted octanol–water partition coefficient (Wildman–Crippen LogP) is 4.12. The second kappa shape index (κ2) is 2.60. The van der Waals surface area contributed by atoms with Gasteiger partial charge in [0.2, 0.25) is 0 Å². The molecule has 2 atom stereocenters. The van der Waals surface area contributed by atoms with Crippen molar-refractivity contribution in [1.29, 1.82) is 0 Å². The van der Waals surface area contributed by atoms with Gasteiger partial charge in [0.1, 0.15) is 0 Å². The molecule has 0 saturated heterocycles. The second-order valence-corrected chi connectivity index (χ2v) is 5.35. The summed E-state index contributed by atoms with van der Waals surface area (Å²) in [6.45, 7) is 2.25. The van der Waals surface area contributed by atoms with E-state index < -0.39 is 0 Å². The molecule has 3 rings (SSSR count). The molecule has 0 nitrogen and oxygen atoms in total. The molecule has 0 spiro atoms. The molecule has 0 heterocycles. The molecule has 68 valence electrons. The van der Waals surface area contributed by atoms with E-state index in [1.807, 2.05) is 0 Å². The highest BCUT2D eigenvalue weighted by Crippen LogP contribution is 2.54. The summed E-state index contributed by atoms with van der Waals surface area (Å²) in [4.78, 5) is 0. The number of rotatable bonds is 0. The van der Waals surface area contributed by atoms with Crippen LogP contribution in [-0.2, 0) is 0 Å². The first kappa shape index (κ1) is 8.05. The summed E-state index contributed by atoms with van der Waals surface area (Å²) in [5, 5.41) is 0. The van der Waals surface area contributed by atoms with E-state index in [1.165, 1.54) is 29.3 Å². The topological polar surface area (TPSA) is 0 Å². The van der Waals surface area contributed by atoms with E-state index >= 15 is 0 Å². The first-order chi connectivity index (χ1) is 6.25. The number of hydrogen-bond donors (Lipinski definition) is 0. The van der Waals surface area contributed by atoms with Gasteiger partial charge in [0.05, 0.1) is 0 Å². The van der Waals surface area contributed by atoms with Gasteiger partial charge in [-0.25, -0.2) is 0 Å². The Morgan fingerprint density at radius 1 is 1.23 bits per heavy atom. The maximum Gasteiger partial charge on any atom is 0.0180 e.